The van der Waals surface area contributed by atoms with Crippen LogP contribution in [0.5, 0.6) is 0 Å². The monoisotopic (exact) mass is 377 g/mol. The second kappa shape index (κ2) is 7.88. The van der Waals surface area contributed by atoms with Crippen molar-refractivity contribution in [3.8, 4) is 0 Å². The Balaban J connectivity index is 1.76. The van der Waals surface area contributed by atoms with E-state index in [1.165, 1.54) is 16.8 Å². The first kappa shape index (κ1) is 19.0. The van der Waals surface area contributed by atoms with E-state index in [9.17, 15) is 13.2 Å². The highest BCUT2D eigenvalue weighted by Gasteiger charge is 2.28. The first-order valence-corrected chi connectivity index (χ1v) is 10.8. The van der Waals surface area contributed by atoms with Gasteiger partial charge in [0, 0.05) is 24.4 Å². The zero-order chi connectivity index (χ0) is 18.7. The molecule has 1 heterocycles. The third kappa shape index (κ3) is 3.99. The van der Waals surface area contributed by atoms with Gasteiger partial charge in [-0.3, -0.25) is 4.79 Å². The van der Waals surface area contributed by atoms with Crippen molar-refractivity contribution in [3.05, 3.63) is 29.8 Å². The number of sulfonamides is 1. The molecule has 0 unspecified atom stereocenters. The number of hydrogen-bond donors (Lipinski definition) is 1. The molecule has 1 saturated carbocycles. The van der Waals surface area contributed by atoms with Gasteiger partial charge in [-0.05, 0) is 55.7 Å². The predicted octanol–water partition coefficient (Wildman–Crippen LogP) is 3.01. The lowest BCUT2D eigenvalue weighted by molar-refractivity contribution is 0.0954. The molecule has 7 heteroatoms. The van der Waals surface area contributed by atoms with Crippen LogP contribution in [0.15, 0.2) is 34.3 Å². The minimum absolute atomic E-state index is 0.166. The van der Waals surface area contributed by atoms with Gasteiger partial charge in [0.15, 0.2) is 0 Å². The average molecular weight is 378 g/mol. The van der Waals surface area contributed by atoms with Gasteiger partial charge in [0.2, 0.25) is 10.0 Å². The molecule has 6 nitrogen and oxygen atoms in total. The Morgan fingerprint density at radius 1 is 1.12 bits per heavy atom. The van der Waals surface area contributed by atoms with Crippen LogP contribution >= 0.6 is 0 Å². The molecule has 1 saturated heterocycles. The van der Waals surface area contributed by atoms with Crippen molar-refractivity contribution in [2.45, 2.75) is 50.8 Å². The van der Waals surface area contributed by atoms with Gasteiger partial charge in [-0.1, -0.05) is 26.3 Å². The maximum Gasteiger partial charge on any atom is 0.271 e. The summed E-state index contributed by atoms with van der Waals surface area (Å²) in [6.45, 7) is 5.35. The number of benzene rings is 1. The molecule has 1 N–H and O–H groups in total. The van der Waals surface area contributed by atoms with Crippen molar-refractivity contribution in [2.75, 3.05) is 13.1 Å². The molecular weight excluding hydrogens is 350 g/mol. The second-order valence-corrected chi connectivity index (χ2v) is 9.29. The number of carbonyl (C=O) groups excluding carboxylic acids is 1. The molecule has 1 aromatic rings. The Morgan fingerprint density at radius 2 is 1.77 bits per heavy atom. The summed E-state index contributed by atoms with van der Waals surface area (Å²) in [5, 5.41) is 4.35. The van der Waals surface area contributed by atoms with E-state index in [-0.39, 0.29) is 10.8 Å². The summed E-state index contributed by atoms with van der Waals surface area (Å²) >= 11 is 0. The third-order valence-electron chi connectivity index (χ3n) is 5.37. The maximum absolute atomic E-state index is 12.7. The van der Waals surface area contributed by atoms with Crippen molar-refractivity contribution < 1.29 is 13.2 Å². The van der Waals surface area contributed by atoms with Gasteiger partial charge in [0.25, 0.3) is 5.91 Å². The minimum Gasteiger partial charge on any atom is -0.267 e. The summed E-state index contributed by atoms with van der Waals surface area (Å²) in [6, 6.07) is 6.21. The fraction of sp³-hybridized carbons (Fsp3) is 0.579. The van der Waals surface area contributed by atoms with Gasteiger partial charge in [-0.2, -0.15) is 9.41 Å². The van der Waals surface area contributed by atoms with Crippen molar-refractivity contribution in [3.63, 3.8) is 0 Å². The zero-order valence-corrected chi connectivity index (χ0v) is 16.3. The van der Waals surface area contributed by atoms with Crippen molar-refractivity contribution in [1.82, 2.24) is 9.73 Å². The molecule has 0 bridgehead atoms. The third-order valence-corrected chi connectivity index (χ3v) is 7.26. The first-order valence-electron chi connectivity index (χ1n) is 9.37. The number of hydrogen-bond acceptors (Lipinski definition) is 4. The Hall–Kier alpha value is -1.73. The summed E-state index contributed by atoms with van der Waals surface area (Å²) < 4.78 is 26.8. The van der Waals surface area contributed by atoms with Crippen LogP contribution in [-0.4, -0.2) is 37.4 Å². The van der Waals surface area contributed by atoms with E-state index in [1.807, 2.05) is 0 Å². The predicted molar refractivity (Wildman–Crippen MR) is 102 cm³/mol. The lowest BCUT2D eigenvalue weighted by atomic mass is 9.81. The normalized spacial score (nSPS) is 24.5. The van der Waals surface area contributed by atoms with Crippen LogP contribution in [0, 0.1) is 11.8 Å². The summed E-state index contributed by atoms with van der Waals surface area (Å²) in [5.41, 5.74) is 3.95. The lowest BCUT2D eigenvalue weighted by Gasteiger charge is -2.26. The highest BCUT2D eigenvalue weighted by Crippen LogP contribution is 2.26. The Kier molecular flexibility index (Phi) is 5.77. The topological polar surface area (TPSA) is 78.8 Å². The van der Waals surface area contributed by atoms with Gasteiger partial charge in [-0.25, -0.2) is 13.8 Å². The fourth-order valence-electron chi connectivity index (χ4n) is 3.79. The standard InChI is InChI=1S/C19H27N3O3S/c1-14-7-5-8-15(2)18(14)20-21-19(23)16-9-6-10-17(13-16)26(24,25)22-11-3-4-12-22/h6,9-10,13-15H,3-5,7-8,11-12H2,1-2H3,(H,21,23)/t14-,15-/m1/s1. The smallest absolute Gasteiger partial charge is 0.267 e. The van der Waals surface area contributed by atoms with Crippen LogP contribution in [0.3, 0.4) is 0 Å². The molecule has 26 heavy (non-hydrogen) atoms. The number of carbonyl (C=O) groups is 1. The van der Waals surface area contributed by atoms with Crippen molar-refractivity contribution in [2.24, 2.45) is 16.9 Å². The highest BCUT2D eigenvalue weighted by atomic mass is 32.2. The fourth-order valence-corrected chi connectivity index (χ4v) is 5.35. The molecule has 142 valence electrons. The Labute approximate surface area is 155 Å². The highest BCUT2D eigenvalue weighted by molar-refractivity contribution is 7.89. The van der Waals surface area contributed by atoms with Crippen molar-refractivity contribution >= 4 is 21.6 Å². The quantitative estimate of drug-likeness (QED) is 0.819. The van der Waals surface area contributed by atoms with E-state index in [0.717, 1.165) is 31.4 Å². The lowest BCUT2D eigenvalue weighted by Crippen LogP contribution is -2.30. The summed E-state index contributed by atoms with van der Waals surface area (Å²) in [6.07, 6.45) is 5.12. The molecule has 2 fully saturated rings. The average Bonchev–Trinajstić information content (AvgIpc) is 3.17. The molecule has 1 aliphatic heterocycles. The van der Waals surface area contributed by atoms with Crippen LogP contribution in [0.25, 0.3) is 0 Å². The number of nitrogens with zero attached hydrogens (tertiary/aromatic N) is 2. The molecule has 3 rings (SSSR count). The van der Waals surface area contributed by atoms with E-state index in [2.05, 4.69) is 24.4 Å². The van der Waals surface area contributed by atoms with E-state index < -0.39 is 10.0 Å². The first-order chi connectivity index (χ1) is 12.4. The van der Waals surface area contributed by atoms with Gasteiger partial charge in [0.05, 0.1) is 4.90 Å². The van der Waals surface area contributed by atoms with Crippen LogP contribution in [0.1, 0.15) is 56.3 Å². The summed E-state index contributed by atoms with van der Waals surface area (Å²) in [4.78, 5) is 12.6. The van der Waals surface area contributed by atoms with Crippen LogP contribution in [0.4, 0.5) is 0 Å². The minimum atomic E-state index is -3.53. The number of rotatable bonds is 4. The summed E-state index contributed by atoms with van der Waals surface area (Å²) in [7, 11) is -3.53. The van der Waals surface area contributed by atoms with E-state index >= 15 is 0 Å². The zero-order valence-electron chi connectivity index (χ0n) is 15.4. The van der Waals surface area contributed by atoms with Gasteiger partial charge in [0.1, 0.15) is 0 Å². The van der Waals surface area contributed by atoms with Crippen molar-refractivity contribution in [1.29, 1.82) is 0 Å². The molecule has 0 spiro atoms. The van der Waals surface area contributed by atoms with E-state index in [1.54, 1.807) is 18.2 Å². The number of hydrazone groups is 1. The van der Waals surface area contributed by atoms with Crippen LogP contribution in [-0.2, 0) is 10.0 Å². The molecule has 1 amide bonds. The van der Waals surface area contributed by atoms with Gasteiger partial charge in [-0.15, -0.1) is 0 Å². The SMILES string of the molecule is C[C@@H]1CCC[C@@H](C)C1=NNC(=O)c1cccc(S(=O)(=O)N2CCCC2)c1. The summed E-state index contributed by atoms with van der Waals surface area (Å²) in [5.74, 6) is 0.350. The molecule has 1 aromatic carbocycles. The Morgan fingerprint density at radius 3 is 2.42 bits per heavy atom. The van der Waals surface area contributed by atoms with Crippen LogP contribution < -0.4 is 5.43 Å². The molecular formula is C19H27N3O3S. The molecule has 2 atom stereocenters. The van der Waals surface area contributed by atoms with E-state index in [0.29, 0.717) is 30.5 Å². The maximum atomic E-state index is 12.7. The van der Waals surface area contributed by atoms with Crippen LogP contribution in [0.2, 0.25) is 0 Å². The van der Waals surface area contributed by atoms with Gasteiger partial charge < -0.3 is 0 Å². The molecule has 1 aliphatic carbocycles. The second-order valence-electron chi connectivity index (χ2n) is 7.35. The van der Waals surface area contributed by atoms with E-state index in [4.69, 9.17) is 0 Å². The number of amides is 1. The largest absolute Gasteiger partial charge is 0.271 e. The Bertz CT molecular complexity index is 786. The number of nitrogens with one attached hydrogen (secondary N) is 1. The van der Waals surface area contributed by atoms with Gasteiger partial charge >= 0.3 is 0 Å². The molecule has 2 aliphatic rings. The molecule has 0 radical (unpaired) electrons. The molecule has 0 aromatic heterocycles.